The average molecular weight is 236 g/mol. The number of aromatic nitrogens is 2. The number of hydrogen-bond donors (Lipinski definition) is 1. The molecule has 86 valence electrons. The van der Waals surface area contributed by atoms with Crippen LogP contribution in [-0.2, 0) is 0 Å². The van der Waals surface area contributed by atoms with Crippen molar-refractivity contribution in [3.8, 4) is 0 Å². The summed E-state index contributed by atoms with van der Waals surface area (Å²) in [5.74, 6) is 0.796. The molecule has 0 aliphatic heterocycles. The molecule has 0 amide bonds. The highest BCUT2D eigenvalue weighted by molar-refractivity contribution is 7.80. The molecule has 2 N–H and O–H groups in total. The molecule has 1 heterocycles. The summed E-state index contributed by atoms with van der Waals surface area (Å²) in [7, 11) is 0. The van der Waals surface area contributed by atoms with Crippen LogP contribution in [0.15, 0.2) is 12.4 Å². The summed E-state index contributed by atoms with van der Waals surface area (Å²) in [5, 5.41) is 0. The van der Waals surface area contributed by atoms with Crippen LogP contribution in [-0.4, -0.2) is 27.5 Å². The fourth-order valence-corrected chi connectivity index (χ4v) is 1.69. The van der Waals surface area contributed by atoms with Gasteiger partial charge in [-0.1, -0.05) is 12.2 Å². The molecule has 1 aromatic heterocycles. The number of thiocarbonyl (C=S) groups is 1. The van der Waals surface area contributed by atoms with Crippen LogP contribution in [0.2, 0.25) is 0 Å². The topological polar surface area (TPSA) is 55.0 Å². The van der Waals surface area contributed by atoms with E-state index >= 15 is 0 Å². The van der Waals surface area contributed by atoms with Gasteiger partial charge in [-0.3, -0.25) is 0 Å². The molecule has 2 rings (SSSR count). The van der Waals surface area contributed by atoms with Crippen LogP contribution in [0, 0.1) is 6.92 Å². The van der Waals surface area contributed by atoms with Crippen LogP contribution in [0.25, 0.3) is 0 Å². The Morgan fingerprint density at radius 3 is 2.62 bits per heavy atom. The van der Waals surface area contributed by atoms with Gasteiger partial charge < -0.3 is 10.6 Å². The van der Waals surface area contributed by atoms with E-state index in [9.17, 15) is 0 Å². The minimum absolute atomic E-state index is 0.553. The van der Waals surface area contributed by atoms with Crippen molar-refractivity contribution in [1.29, 1.82) is 0 Å². The van der Waals surface area contributed by atoms with Crippen molar-refractivity contribution in [1.82, 2.24) is 9.97 Å². The standard InChI is InChI=1S/C11H16N4S/c1-8-6-13-11(14-7-8)15(9-2-3-9)5-4-10(12)16/h6-7,9H,2-5H2,1H3,(H2,12,16). The van der Waals surface area contributed by atoms with Gasteiger partial charge in [0.1, 0.15) is 0 Å². The van der Waals surface area contributed by atoms with Crippen LogP contribution < -0.4 is 10.6 Å². The van der Waals surface area contributed by atoms with E-state index in [1.54, 1.807) is 0 Å². The molecule has 1 aliphatic carbocycles. The van der Waals surface area contributed by atoms with Crippen molar-refractivity contribution in [3.05, 3.63) is 18.0 Å². The molecule has 0 aromatic carbocycles. The summed E-state index contributed by atoms with van der Waals surface area (Å²) in [6.07, 6.45) is 6.85. The van der Waals surface area contributed by atoms with E-state index in [2.05, 4.69) is 14.9 Å². The van der Waals surface area contributed by atoms with Crippen molar-refractivity contribution in [2.75, 3.05) is 11.4 Å². The molecule has 16 heavy (non-hydrogen) atoms. The van der Waals surface area contributed by atoms with Gasteiger partial charge in [0.15, 0.2) is 0 Å². The third-order valence-electron chi connectivity index (χ3n) is 2.61. The van der Waals surface area contributed by atoms with Crippen molar-refractivity contribution >= 4 is 23.2 Å². The molecule has 1 aromatic rings. The van der Waals surface area contributed by atoms with Crippen LogP contribution in [0.4, 0.5) is 5.95 Å². The van der Waals surface area contributed by atoms with Crippen LogP contribution in [0.1, 0.15) is 24.8 Å². The minimum Gasteiger partial charge on any atom is -0.393 e. The van der Waals surface area contributed by atoms with E-state index in [4.69, 9.17) is 18.0 Å². The zero-order chi connectivity index (χ0) is 11.5. The Morgan fingerprint density at radius 1 is 1.50 bits per heavy atom. The smallest absolute Gasteiger partial charge is 0.225 e. The molecule has 0 bridgehead atoms. The Hall–Kier alpha value is -1.23. The zero-order valence-electron chi connectivity index (χ0n) is 9.39. The van der Waals surface area contributed by atoms with E-state index < -0.39 is 0 Å². The Balaban J connectivity index is 2.06. The lowest BCUT2D eigenvalue weighted by molar-refractivity contribution is 0.765. The quantitative estimate of drug-likeness (QED) is 0.784. The van der Waals surface area contributed by atoms with Crippen LogP contribution in [0.3, 0.4) is 0 Å². The summed E-state index contributed by atoms with van der Waals surface area (Å²) < 4.78 is 0. The molecule has 1 fully saturated rings. The van der Waals surface area contributed by atoms with E-state index in [-0.39, 0.29) is 0 Å². The maximum absolute atomic E-state index is 5.53. The van der Waals surface area contributed by atoms with Gasteiger partial charge in [-0.05, 0) is 25.3 Å². The molecule has 1 saturated carbocycles. The monoisotopic (exact) mass is 236 g/mol. The second-order valence-corrected chi connectivity index (χ2v) is 4.73. The average Bonchev–Trinajstić information content (AvgIpc) is 3.04. The van der Waals surface area contributed by atoms with Crippen LogP contribution >= 0.6 is 12.2 Å². The first-order chi connectivity index (χ1) is 7.66. The first-order valence-electron chi connectivity index (χ1n) is 5.50. The Bertz CT molecular complexity index is 372. The van der Waals surface area contributed by atoms with E-state index in [1.165, 1.54) is 12.8 Å². The number of aryl methyl sites for hydroxylation is 1. The molecule has 1 aliphatic rings. The molecule has 0 spiro atoms. The summed E-state index contributed by atoms with van der Waals surface area (Å²) in [4.78, 5) is 11.5. The van der Waals surface area contributed by atoms with Crippen molar-refractivity contribution in [3.63, 3.8) is 0 Å². The number of nitrogens with two attached hydrogens (primary N) is 1. The summed E-state index contributed by atoms with van der Waals surface area (Å²) in [6, 6.07) is 0.581. The minimum atomic E-state index is 0.553. The van der Waals surface area contributed by atoms with Gasteiger partial charge in [0.2, 0.25) is 5.95 Å². The highest BCUT2D eigenvalue weighted by atomic mass is 32.1. The van der Waals surface area contributed by atoms with Gasteiger partial charge in [-0.25, -0.2) is 9.97 Å². The maximum Gasteiger partial charge on any atom is 0.225 e. The molecule has 0 saturated heterocycles. The Labute approximate surface area is 101 Å². The number of anilines is 1. The molecule has 0 unspecified atom stereocenters. The van der Waals surface area contributed by atoms with Gasteiger partial charge in [0.05, 0.1) is 4.99 Å². The maximum atomic E-state index is 5.53. The van der Waals surface area contributed by atoms with Crippen molar-refractivity contribution in [2.45, 2.75) is 32.2 Å². The lowest BCUT2D eigenvalue weighted by atomic mass is 10.3. The summed E-state index contributed by atoms with van der Waals surface area (Å²) >= 11 is 4.90. The van der Waals surface area contributed by atoms with Gasteiger partial charge in [-0.2, -0.15) is 0 Å². The summed E-state index contributed by atoms with van der Waals surface area (Å²) in [6.45, 7) is 2.81. The molecule has 0 radical (unpaired) electrons. The lowest BCUT2D eigenvalue weighted by Crippen LogP contribution is -2.31. The molecular formula is C11H16N4S. The normalized spacial score (nSPS) is 14.8. The van der Waals surface area contributed by atoms with E-state index in [1.807, 2.05) is 19.3 Å². The molecule has 0 atom stereocenters. The number of rotatable bonds is 5. The number of hydrogen-bond acceptors (Lipinski definition) is 4. The predicted octanol–water partition coefficient (Wildman–Crippen LogP) is 1.43. The molecule has 4 nitrogen and oxygen atoms in total. The Morgan fingerprint density at radius 2 is 2.12 bits per heavy atom. The summed E-state index contributed by atoms with van der Waals surface area (Å²) in [5.41, 5.74) is 6.61. The second kappa shape index (κ2) is 4.74. The second-order valence-electron chi connectivity index (χ2n) is 4.20. The zero-order valence-corrected chi connectivity index (χ0v) is 10.2. The SMILES string of the molecule is Cc1cnc(N(CCC(N)=S)C2CC2)nc1. The van der Waals surface area contributed by atoms with Gasteiger partial charge >= 0.3 is 0 Å². The number of nitrogens with zero attached hydrogens (tertiary/aromatic N) is 3. The van der Waals surface area contributed by atoms with Crippen LogP contribution in [0.5, 0.6) is 0 Å². The third-order valence-corrected chi connectivity index (χ3v) is 2.82. The Kier molecular flexibility index (Phi) is 3.33. The fraction of sp³-hybridized carbons (Fsp3) is 0.545. The highest BCUT2D eigenvalue weighted by Crippen LogP contribution is 2.29. The largest absolute Gasteiger partial charge is 0.393 e. The van der Waals surface area contributed by atoms with E-state index in [0.29, 0.717) is 11.0 Å². The van der Waals surface area contributed by atoms with Gasteiger partial charge in [0, 0.05) is 31.4 Å². The van der Waals surface area contributed by atoms with Gasteiger partial charge in [-0.15, -0.1) is 0 Å². The molecule has 5 heteroatoms. The lowest BCUT2D eigenvalue weighted by Gasteiger charge is -2.21. The van der Waals surface area contributed by atoms with Crippen molar-refractivity contribution < 1.29 is 0 Å². The fourth-order valence-electron chi connectivity index (χ4n) is 1.60. The highest BCUT2D eigenvalue weighted by Gasteiger charge is 2.30. The first kappa shape index (κ1) is 11.3. The predicted molar refractivity (Wildman–Crippen MR) is 68.5 cm³/mol. The molecular weight excluding hydrogens is 220 g/mol. The van der Waals surface area contributed by atoms with Crippen molar-refractivity contribution in [2.24, 2.45) is 5.73 Å². The van der Waals surface area contributed by atoms with E-state index in [0.717, 1.165) is 24.5 Å². The first-order valence-corrected chi connectivity index (χ1v) is 5.91. The van der Waals surface area contributed by atoms with Gasteiger partial charge in [0.25, 0.3) is 0 Å². The third kappa shape index (κ3) is 2.88.